The van der Waals surface area contributed by atoms with Crippen LogP contribution in [0.3, 0.4) is 0 Å². The highest BCUT2D eigenvalue weighted by atomic mass is 32.2. The fraction of sp³-hybridized carbons (Fsp3) is 0.455. The molecule has 5 heteroatoms. The molecule has 0 N–H and O–H groups in total. The van der Waals surface area contributed by atoms with Crippen molar-refractivity contribution in [3.05, 3.63) is 22.9 Å². The summed E-state index contributed by atoms with van der Waals surface area (Å²) in [5, 5.41) is -0.272. The van der Waals surface area contributed by atoms with Gasteiger partial charge in [-0.3, -0.25) is 4.79 Å². The Balaban J connectivity index is 2.82. The van der Waals surface area contributed by atoms with Crippen molar-refractivity contribution < 1.29 is 9.59 Å². The quantitative estimate of drug-likeness (QED) is 0.543. The normalized spacial score (nSPS) is 20.8. The van der Waals surface area contributed by atoms with Gasteiger partial charge in [0.15, 0.2) is 12.1 Å². The zero-order valence-corrected chi connectivity index (χ0v) is 10.7. The molecule has 0 saturated carbocycles. The summed E-state index contributed by atoms with van der Waals surface area (Å²) in [5.41, 5.74) is 0.857. The van der Waals surface area contributed by atoms with Gasteiger partial charge < -0.3 is 14.6 Å². The lowest BCUT2D eigenvalue weighted by Gasteiger charge is -2.16. The fourth-order valence-electron chi connectivity index (χ4n) is 1.28. The van der Waals surface area contributed by atoms with Crippen molar-refractivity contribution >= 4 is 23.8 Å². The number of carbonyl (C=O) groups excluding carboxylic acids is 2. The molecular weight excluding hydrogens is 224 g/mol. The number of likely N-dealkylation sites (N-methyl/N-ethyl adjacent to an activating group) is 1. The molecule has 0 aromatic rings. The molecule has 1 aliphatic rings. The minimum Gasteiger partial charge on any atom is -0.383 e. The van der Waals surface area contributed by atoms with Crippen molar-refractivity contribution in [1.82, 2.24) is 9.80 Å². The summed E-state index contributed by atoms with van der Waals surface area (Å²) in [6, 6.07) is 0. The Morgan fingerprint density at radius 1 is 1.50 bits per heavy atom. The molecule has 1 atom stereocenters. The van der Waals surface area contributed by atoms with Crippen LogP contribution in [0.25, 0.3) is 0 Å². The Bertz CT molecular complexity index is 361. The Morgan fingerprint density at radius 2 is 2.12 bits per heavy atom. The van der Waals surface area contributed by atoms with Crippen molar-refractivity contribution in [3.63, 3.8) is 0 Å². The van der Waals surface area contributed by atoms with Crippen LogP contribution in [-0.4, -0.2) is 48.4 Å². The molecule has 0 saturated heterocycles. The average molecular weight is 240 g/mol. The molecule has 1 aliphatic heterocycles. The van der Waals surface area contributed by atoms with Gasteiger partial charge in [-0.05, 0) is 6.92 Å². The number of rotatable bonds is 4. The third-order valence-electron chi connectivity index (χ3n) is 2.34. The molecule has 0 amide bonds. The third kappa shape index (κ3) is 2.66. The van der Waals surface area contributed by atoms with Gasteiger partial charge >= 0.3 is 0 Å². The summed E-state index contributed by atoms with van der Waals surface area (Å²) < 4.78 is 0. The lowest BCUT2D eigenvalue weighted by atomic mass is 10.3. The molecule has 0 fully saturated rings. The van der Waals surface area contributed by atoms with Gasteiger partial charge in [0.25, 0.3) is 0 Å². The minimum atomic E-state index is -0.272. The zero-order valence-electron chi connectivity index (χ0n) is 9.93. The summed E-state index contributed by atoms with van der Waals surface area (Å²) in [4.78, 5) is 26.9. The van der Waals surface area contributed by atoms with Crippen LogP contribution < -0.4 is 0 Å². The number of ketones is 1. The van der Waals surface area contributed by atoms with Gasteiger partial charge in [-0.15, -0.1) is 0 Å². The maximum absolute atomic E-state index is 11.8. The van der Waals surface area contributed by atoms with E-state index in [9.17, 15) is 9.59 Å². The van der Waals surface area contributed by atoms with Gasteiger partial charge in [-0.1, -0.05) is 11.8 Å². The van der Waals surface area contributed by atoms with Crippen LogP contribution in [0.5, 0.6) is 0 Å². The number of aldehydes is 1. The highest BCUT2D eigenvalue weighted by molar-refractivity contribution is 8.05. The molecule has 88 valence electrons. The Morgan fingerprint density at radius 3 is 2.56 bits per heavy atom. The van der Waals surface area contributed by atoms with Crippen molar-refractivity contribution in [3.8, 4) is 0 Å². The third-order valence-corrected chi connectivity index (χ3v) is 3.74. The van der Waals surface area contributed by atoms with E-state index in [2.05, 4.69) is 0 Å². The molecule has 1 rings (SSSR count). The van der Waals surface area contributed by atoms with E-state index in [0.717, 1.165) is 12.0 Å². The van der Waals surface area contributed by atoms with Gasteiger partial charge in [0.1, 0.15) is 5.37 Å². The van der Waals surface area contributed by atoms with Crippen molar-refractivity contribution in [2.45, 2.75) is 12.3 Å². The van der Waals surface area contributed by atoms with Crippen LogP contribution in [0.2, 0.25) is 0 Å². The van der Waals surface area contributed by atoms with Crippen LogP contribution in [0.15, 0.2) is 22.9 Å². The van der Waals surface area contributed by atoms with Crippen LogP contribution in [0.1, 0.15) is 6.92 Å². The second-order valence-electron chi connectivity index (χ2n) is 3.81. The summed E-state index contributed by atoms with van der Waals surface area (Å²) in [6.45, 7) is 1.85. The van der Waals surface area contributed by atoms with Crippen molar-refractivity contribution in [2.24, 2.45) is 0 Å². The molecule has 16 heavy (non-hydrogen) atoms. The molecule has 0 radical (unpaired) electrons. The highest BCUT2D eigenvalue weighted by Gasteiger charge is 2.29. The van der Waals surface area contributed by atoms with Crippen molar-refractivity contribution in [2.75, 3.05) is 21.1 Å². The minimum absolute atomic E-state index is 0.0487. The Hall–Kier alpha value is -1.23. The predicted molar refractivity (Wildman–Crippen MR) is 65.7 cm³/mol. The molecule has 1 unspecified atom stereocenters. The summed E-state index contributed by atoms with van der Waals surface area (Å²) >= 11 is 1.30. The highest BCUT2D eigenvalue weighted by Crippen LogP contribution is 2.36. The topological polar surface area (TPSA) is 40.6 Å². The van der Waals surface area contributed by atoms with E-state index in [0.29, 0.717) is 4.91 Å². The number of nitrogens with zero attached hydrogens (tertiary/aromatic N) is 2. The number of allylic oxidation sites excluding steroid dienone is 3. The molecular formula is C11H16N2O2S. The smallest absolute Gasteiger partial charge is 0.195 e. The summed E-state index contributed by atoms with van der Waals surface area (Å²) in [6.07, 6.45) is 4.08. The van der Waals surface area contributed by atoms with Gasteiger partial charge in [0, 0.05) is 39.1 Å². The van der Waals surface area contributed by atoms with Crippen LogP contribution in [0.4, 0.5) is 0 Å². The standard InChI is InChI=1S/C11H16N2O2S/c1-8-11(9(15)5-6-12(2)3)16-10(7-14)13(8)4/h5-7,10H,1-4H3. The fourth-order valence-corrected chi connectivity index (χ4v) is 2.40. The first-order chi connectivity index (χ1) is 7.47. The summed E-state index contributed by atoms with van der Waals surface area (Å²) in [5.74, 6) is -0.0487. The van der Waals surface area contributed by atoms with Gasteiger partial charge in [-0.25, -0.2) is 0 Å². The second-order valence-corrected chi connectivity index (χ2v) is 4.94. The van der Waals surface area contributed by atoms with Crippen molar-refractivity contribution in [1.29, 1.82) is 0 Å². The van der Waals surface area contributed by atoms with E-state index in [-0.39, 0.29) is 11.2 Å². The van der Waals surface area contributed by atoms with Gasteiger partial charge in [-0.2, -0.15) is 0 Å². The van der Waals surface area contributed by atoms with Gasteiger partial charge in [0.05, 0.1) is 4.91 Å². The zero-order chi connectivity index (χ0) is 12.3. The van der Waals surface area contributed by atoms with E-state index >= 15 is 0 Å². The molecule has 0 bridgehead atoms. The lowest BCUT2D eigenvalue weighted by Crippen LogP contribution is -2.23. The maximum atomic E-state index is 11.8. The first kappa shape index (κ1) is 12.8. The molecule has 0 aliphatic carbocycles. The number of carbonyl (C=O) groups is 2. The molecule has 0 spiro atoms. The van der Waals surface area contributed by atoms with E-state index in [1.54, 1.807) is 11.1 Å². The predicted octanol–water partition coefficient (Wildman–Crippen LogP) is 1.07. The molecule has 0 aromatic carbocycles. The van der Waals surface area contributed by atoms with E-state index in [4.69, 9.17) is 0 Å². The van der Waals surface area contributed by atoms with E-state index < -0.39 is 0 Å². The van der Waals surface area contributed by atoms with E-state index in [1.807, 2.05) is 33.0 Å². The number of hydrogen-bond donors (Lipinski definition) is 0. The van der Waals surface area contributed by atoms with Gasteiger partial charge in [0.2, 0.25) is 0 Å². The molecule has 1 heterocycles. The number of thioether (sulfide) groups is 1. The van der Waals surface area contributed by atoms with Crippen LogP contribution in [0, 0.1) is 0 Å². The number of hydrogen-bond acceptors (Lipinski definition) is 5. The summed E-state index contributed by atoms with van der Waals surface area (Å²) in [7, 11) is 5.53. The van der Waals surface area contributed by atoms with Crippen LogP contribution in [-0.2, 0) is 9.59 Å². The lowest BCUT2D eigenvalue weighted by molar-refractivity contribution is -0.111. The van der Waals surface area contributed by atoms with E-state index in [1.165, 1.54) is 17.8 Å². The molecule has 0 aromatic heterocycles. The Labute approximate surface area is 100.0 Å². The molecule has 4 nitrogen and oxygen atoms in total. The largest absolute Gasteiger partial charge is 0.383 e. The monoisotopic (exact) mass is 240 g/mol. The average Bonchev–Trinajstić information content (AvgIpc) is 2.52. The Kier molecular flexibility index (Phi) is 4.18. The van der Waals surface area contributed by atoms with Crippen LogP contribution >= 0.6 is 11.8 Å². The SMILES string of the molecule is CC1=C(C(=O)C=CN(C)C)SC(C=O)N1C. The maximum Gasteiger partial charge on any atom is 0.195 e. The second kappa shape index (κ2) is 5.21. The first-order valence-electron chi connectivity index (χ1n) is 4.92. The first-order valence-corrected chi connectivity index (χ1v) is 5.80.